The highest BCUT2D eigenvalue weighted by Crippen LogP contribution is 2.34. The summed E-state index contributed by atoms with van der Waals surface area (Å²) in [6, 6.07) is 8.68. The summed E-state index contributed by atoms with van der Waals surface area (Å²) in [7, 11) is 0. The number of hydrogen-bond donors (Lipinski definition) is 1. The second-order valence-electron chi connectivity index (χ2n) is 6.28. The van der Waals surface area contributed by atoms with Crippen molar-refractivity contribution in [1.82, 2.24) is 10.2 Å². The summed E-state index contributed by atoms with van der Waals surface area (Å²) < 4.78 is 13.0. The number of rotatable bonds is 5. The lowest BCUT2D eigenvalue weighted by molar-refractivity contribution is -0.123. The standard InChI is InChI=1S/C19H23FN2OS/c1-3-17-16-9-11-24-18(16)8-10-22(17)12-19(23)21-13(2)14-4-6-15(20)7-5-14/h4-7,9,11,13,17H,3,8,10,12H2,1-2H3,(H,21,23)/t13-,17+/m0/s1. The first kappa shape index (κ1) is 17.1. The molecule has 5 heteroatoms. The molecule has 0 saturated carbocycles. The number of carbonyl (C=O) groups is 1. The number of halogens is 1. The molecular weight excluding hydrogens is 323 g/mol. The van der Waals surface area contributed by atoms with Gasteiger partial charge in [0, 0.05) is 17.5 Å². The third-order valence-electron chi connectivity index (χ3n) is 4.69. The topological polar surface area (TPSA) is 32.3 Å². The van der Waals surface area contributed by atoms with Crippen molar-refractivity contribution >= 4 is 17.2 Å². The molecule has 1 amide bonds. The molecule has 2 heterocycles. The maximum absolute atomic E-state index is 13.0. The quantitative estimate of drug-likeness (QED) is 0.885. The SMILES string of the molecule is CC[C@@H]1c2ccsc2CCN1CC(=O)N[C@@H](C)c1ccc(F)cc1. The molecule has 1 N–H and O–H groups in total. The molecule has 1 aromatic heterocycles. The molecule has 0 radical (unpaired) electrons. The normalized spacial score (nSPS) is 18.9. The number of nitrogens with zero attached hydrogens (tertiary/aromatic N) is 1. The second kappa shape index (κ2) is 7.45. The fourth-order valence-electron chi connectivity index (χ4n) is 3.42. The fraction of sp³-hybridized carbons (Fsp3) is 0.421. The minimum Gasteiger partial charge on any atom is -0.348 e. The molecular formula is C19H23FN2OS. The van der Waals surface area contributed by atoms with Crippen molar-refractivity contribution in [1.29, 1.82) is 0 Å². The summed E-state index contributed by atoms with van der Waals surface area (Å²) >= 11 is 1.82. The molecule has 0 aliphatic carbocycles. The number of thiophene rings is 1. The molecule has 1 aromatic carbocycles. The van der Waals surface area contributed by atoms with Crippen molar-refractivity contribution in [3.05, 3.63) is 57.5 Å². The van der Waals surface area contributed by atoms with E-state index in [1.807, 2.05) is 18.3 Å². The first-order valence-corrected chi connectivity index (χ1v) is 9.31. The van der Waals surface area contributed by atoms with Crippen LogP contribution in [0.2, 0.25) is 0 Å². The van der Waals surface area contributed by atoms with Crippen LogP contribution >= 0.6 is 11.3 Å². The molecule has 1 aliphatic rings. The van der Waals surface area contributed by atoms with Gasteiger partial charge in [-0.15, -0.1) is 11.3 Å². The van der Waals surface area contributed by atoms with Gasteiger partial charge in [-0.1, -0.05) is 19.1 Å². The van der Waals surface area contributed by atoms with Gasteiger partial charge in [0.1, 0.15) is 5.82 Å². The van der Waals surface area contributed by atoms with Crippen LogP contribution in [0.25, 0.3) is 0 Å². The van der Waals surface area contributed by atoms with E-state index in [1.54, 1.807) is 12.1 Å². The van der Waals surface area contributed by atoms with Crippen molar-refractivity contribution in [3.8, 4) is 0 Å². The van der Waals surface area contributed by atoms with Crippen molar-refractivity contribution in [3.63, 3.8) is 0 Å². The lowest BCUT2D eigenvalue weighted by Crippen LogP contribution is -2.42. The van der Waals surface area contributed by atoms with Gasteiger partial charge < -0.3 is 5.32 Å². The van der Waals surface area contributed by atoms with Crippen LogP contribution in [0.15, 0.2) is 35.7 Å². The van der Waals surface area contributed by atoms with E-state index in [4.69, 9.17) is 0 Å². The van der Waals surface area contributed by atoms with Crippen molar-refractivity contribution < 1.29 is 9.18 Å². The number of nitrogens with one attached hydrogen (secondary N) is 1. The van der Waals surface area contributed by atoms with E-state index in [-0.39, 0.29) is 17.8 Å². The Labute approximate surface area is 146 Å². The molecule has 2 aromatic rings. The van der Waals surface area contributed by atoms with E-state index in [0.29, 0.717) is 12.6 Å². The lowest BCUT2D eigenvalue weighted by atomic mass is 9.98. The van der Waals surface area contributed by atoms with Gasteiger partial charge in [-0.25, -0.2) is 4.39 Å². The average molecular weight is 346 g/mol. The van der Waals surface area contributed by atoms with Crippen molar-refractivity contribution in [2.24, 2.45) is 0 Å². The number of hydrogen-bond acceptors (Lipinski definition) is 3. The predicted octanol–water partition coefficient (Wildman–Crippen LogP) is 4.07. The summed E-state index contributed by atoms with van der Waals surface area (Å²) in [4.78, 5) is 16.2. The van der Waals surface area contributed by atoms with Gasteiger partial charge in [0.2, 0.25) is 5.91 Å². The summed E-state index contributed by atoms with van der Waals surface area (Å²) in [5, 5.41) is 5.17. The van der Waals surface area contributed by atoms with Gasteiger partial charge in [-0.05, 0) is 54.5 Å². The van der Waals surface area contributed by atoms with E-state index >= 15 is 0 Å². The van der Waals surface area contributed by atoms with Gasteiger partial charge in [-0.2, -0.15) is 0 Å². The molecule has 24 heavy (non-hydrogen) atoms. The highest BCUT2D eigenvalue weighted by Gasteiger charge is 2.28. The van der Waals surface area contributed by atoms with E-state index in [0.717, 1.165) is 24.9 Å². The van der Waals surface area contributed by atoms with Gasteiger partial charge in [0.05, 0.1) is 12.6 Å². The Morgan fingerprint density at radius 2 is 2.12 bits per heavy atom. The Morgan fingerprint density at radius 3 is 2.83 bits per heavy atom. The fourth-order valence-corrected chi connectivity index (χ4v) is 4.35. The maximum atomic E-state index is 13.0. The van der Waals surface area contributed by atoms with Crippen LogP contribution in [0.4, 0.5) is 4.39 Å². The Kier molecular flexibility index (Phi) is 5.31. The molecule has 1 aliphatic heterocycles. The second-order valence-corrected chi connectivity index (χ2v) is 7.29. The molecule has 3 rings (SSSR count). The maximum Gasteiger partial charge on any atom is 0.234 e. The lowest BCUT2D eigenvalue weighted by Gasteiger charge is -2.35. The van der Waals surface area contributed by atoms with Gasteiger partial charge in [0.25, 0.3) is 0 Å². The summed E-state index contributed by atoms with van der Waals surface area (Å²) in [5.74, 6) is -0.244. The zero-order valence-electron chi connectivity index (χ0n) is 14.1. The Bertz CT molecular complexity index is 698. The summed E-state index contributed by atoms with van der Waals surface area (Å²) in [6.45, 7) is 5.42. The molecule has 0 fully saturated rings. The molecule has 2 atom stereocenters. The van der Waals surface area contributed by atoms with Crippen LogP contribution in [0.1, 0.15) is 48.4 Å². The third kappa shape index (κ3) is 3.68. The van der Waals surface area contributed by atoms with Crippen LogP contribution in [0.5, 0.6) is 0 Å². The molecule has 0 unspecified atom stereocenters. The van der Waals surface area contributed by atoms with Crippen LogP contribution in [0.3, 0.4) is 0 Å². The van der Waals surface area contributed by atoms with Crippen LogP contribution in [-0.4, -0.2) is 23.9 Å². The number of amides is 1. The average Bonchev–Trinajstić information content (AvgIpc) is 3.03. The summed E-state index contributed by atoms with van der Waals surface area (Å²) in [6.07, 6.45) is 2.02. The summed E-state index contributed by atoms with van der Waals surface area (Å²) in [5.41, 5.74) is 2.30. The highest BCUT2D eigenvalue weighted by atomic mass is 32.1. The van der Waals surface area contributed by atoms with Crippen molar-refractivity contribution in [2.75, 3.05) is 13.1 Å². The number of benzene rings is 1. The van der Waals surface area contributed by atoms with E-state index in [1.165, 1.54) is 22.6 Å². The van der Waals surface area contributed by atoms with Crippen LogP contribution < -0.4 is 5.32 Å². The van der Waals surface area contributed by atoms with Crippen molar-refractivity contribution in [2.45, 2.75) is 38.8 Å². The molecule has 0 spiro atoms. The molecule has 128 valence electrons. The zero-order valence-corrected chi connectivity index (χ0v) is 14.9. The van der Waals surface area contributed by atoms with Crippen LogP contribution in [0, 0.1) is 5.82 Å². The third-order valence-corrected chi connectivity index (χ3v) is 5.68. The zero-order chi connectivity index (χ0) is 17.1. The van der Waals surface area contributed by atoms with Gasteiger partial charge >= 0.3 is 0 Å². The predicted molar refractivity (Wildman–Crippen MR) is 95.6 cm³/mol. The first-order chi connectivity index (χ1) is 11.6. The first-order valence-electron chi connectivity index (χ1n) is 8.43. The molecule has 0 bridgehead atoms. The van der Waals surface area contributed by atoms with E-state index in [2.05, 4.69) is 28.6 Å². The molecule has 0 saturated heterocycles. The number of fused-ring (bicyclic) bond motifs is 1. The smallest absolute Gasteiger partial charge is 0.234 e. The van der Waals surface area contributed by atoms with E-state index in [9.17, 15) is 9.18 Å². The van der Waals surface area contributed by atoms with Gasteiger partial charge in [-0.3, -0.25) is 9.69 Å². The van der Waals surface area contributed by atoms with Gasteiger partial charge in [0.15, 0.2) is 0 Å². The van der Waals surface area contributed by atoms with Crippen LogP contribution in [-0.2, 0) is 11.2 Å². The highest BCUT2D eigenvalue weighted by molar-refractivity contribution is 7.10. The Balaban J connectivity index is 1.61. The molecule has 3 nitrogen and oxygen atoms in total. The Hall–Kier alpha value is -1.72. The number of carbonyl (C=O) groups excluding carboxylic acids is 1. The van der Waals surface area contributed by atoms with E-state index < -0.39 is 0 Å². The minimum atomic E-state index is -0.261. The monoisotopic (exact) mass is 346 g/mol. The Morgan fingerprint density at radius 1 is 1.38 bits per heavy atom. The largest absolute Gasteiger partial charge is 0.348 e. The minimum absolute atomic E-state index is 0.0176.